The smallest absolute Gasteiger partial charge is 0.412 e. The summed E-state index contributed by atoms with van der Waals surface area (Å²) in [5, 5.41) is 2.16. The Balaban J connectivity index is 1.72. The molecule has 0 bridgehead atoms. The number of halogens is 1. The van der Waals surface area contributed by atoms with Crippen LogP contribution in [0, 0.1) is 5.82 Å². The molecule has 0 spiro atoms. The summed E-state index contributed by atoms with van der Waals surface area (Å²) in [6.07, 6.45) is 0.497. The Kier molecular flexibility index (Phi) is 6.01. The average Bonchev–Trinajstić information content (AvgIpc) is 3.09. The van der Waals surface area contributed by atoms with E-state index >= 15 is 0 Å². The summed E-state index contributed by atoms with van der Waals surface area (Å²) in [6.45, 7) is 7.55. The molecule has 2 aliphatic heterocycles. The third-order valence-corrected chi connectivity index (χ3v) is 4.64. The van der Waals surface area contributed by atoms with Gasteiger partial charge in [0.05, 0.1) is 18.9 Å². The Morgan fingerprint density at radius 2 is 2.07 bits per heavy atom. The van der Waals surface area contributed by atoms with Crippen molar-refractivity contribution in [2.24, 2.45) is 0 Å². The quantitative estimate of drug-likeness (QED) is 0.734. The lowest BCUT2D eigenvalue weighted by molar-refractivity contribution is -0.195. The SMILES string of the molecule is CCCCCOC(=O)Nc1nc(=O)n([C@@H]2O[C@H](C)[C@H]3OC(C)(C)OC23)cc1F. The summed E-state index contributed by atoms with van der Waals surface area (Å²) in [7, 11) is 0. The fourth-order valence-corrected chi connectivity index (χ4v) is 3.36. The molecule has 2 saturated heterocycles. The van der Waals surface area contributed by atoms with Crippen molar-refractivity contribution in [3.05, 3.63) is 22.5 Å². The van der Waals surface area contributed by atoms with Crippen molar-refractivity contribution in [1.82, 2.24) is 9.55 Å². The van der Waals surface area contributed by atoms with Gasteiger partial charge >= 0.3 is 11.8 Å². The van der Waals surface area contributed by atoms with E-state index in [1.54, 1.807) is 20.8 Å². The van der Waals surface area contributed by atoms with Gasteiger partial charge < -0.3 is 18.9 Å². The van der Waals surface area contributed by atoms with E-state index in [0.717, 1.165) is 23.6 Å². The van der Waals surface area contributed by atoms with E-state index in [1.165, 1.54) is 0 Å². The first kappa shape index (κ1) is 20.7. The normalized spacial score (nSPS) is 28.2. The molecule has 0 radical (unpaired) electrons. The number of carbonyl (C=O) groups is 1. The molecule has 2 fully saturated rings. The molecule has 1 N–H and O–H groups in total. The van der Waals surface area contributed by atoms with Gasteiger partial charge in [-0.1, -0.05) is 19.8 Å². The van der Waals surface area contributed by atoms with Crippen LogP contribution in [0.3, 0.4) is 0 Å². The van der Waals surface area contributed by atoms with Gasteiger partial charge in [0, 0.05) is 0 Å². The Labute approximate surface area is 162 Å². The van der Waals surface area contributed by atoms with Crippen LogP contribution < -0.4 is 11.0 Å². The van der Waals surface area contributed by atoms with Crippen LogP contribution in [0.15, 0.2) is 11.0 Å². The number of anilines is 1. The molecule has 1 unspecified atom stereocenters. The predicted molar refractivity (Wildman–Crippen MR) is 96.4 cm³/mol. The number of unbranched alkanes of at least 4 members (excludes halogenated alkanes) is 2. The number of aromatic nitrogens is 2. The zero-order valence-corrected chi connectivity index (χ0v) is 16.4. The van der Waals surface area contributed by atoms with Crippen LogP contribution in [0.5, 0.6) is 0 Å². The maximum absolute atomic E-state index is 14.5. The lowest BCUT2D eigenvalue weighted by Gasteiger charge is -2.24. The molecule has 2 aliphatic rings. The minimum Gasteiger partial charge on any atom is -0.449 e. The molecule has 0 saturated carbocycles. The van der Waals surface area contributed by atoms with E-state index in [2.05, 4.69) is 10.3 Å². The highest BCUT2D eigenvalue weighted by Gasteiger charge is 2.54. The lowest BCUT2D eigenvalue weighted by atomic mass is 10.1. The van der Waals surface area contributed by atoms with Gasteiger partial charge in [0.1, 0.15) is 12.2 Å². The monoisotopic (exact) mass is 399 g/mol. The molecule has 9 nitrogen and oxygen atoms in total. The van der Waals surface area contributed by atoms with Crippen LogP contribution in [0.4, 0.5) is 15.0 Å². The molecule has 1 amide bonds. The maximum Gasteiger partial charge on any atom is 0.412 e. The van der Waals surface area contributed by atoms with E-state index < -0.39 is 41.5 Å². The first-order chi connectivity index (χ1) is 13.2. The molecular weight excluding hydrogens is 373 g/mol. The van der Waals surface area contributed by atoms with E-state index in [1.807, 2.05) is 6.92 Å². The number of fused-ring (bicyclic) bond motifs is 1. The lowest BCUT2D eigenvalue weighted by Crippen LogP contribution is -2.36. The van der Waals surface area contributed by atoms with E-state index in [4.69, 9.17) is 18.9 Å². The third kappa shape index (κ3) is 4.34. The largest absolute Gasteiger partial charge is 0.449 e. The zero-order valence-electron chi connectivity index (χ0n) is 16.4. The average molecular weight is 399 g/mol. The third-order valence-electron chi connectivity index (χ3n) is 4.64. The maximum atomic E-state index is 14.5. The minimum atomic E-state index is -0.886. The van der Waals surface area contributed by atoms with Gasteiger partial charge in [-0.3, -0.25) is 9.88 Å². The number of ether oxygens (including phenoxy) is 4. The van der Waals surface area contributed by atoms with Crippen LogP contribution in [-0.2, 0) is 18.9 Å². The molecule has 0 aromatic carbocycles. The first-order valence-electron chi connectivity index (χ1n) is 9.45. The summed E-state index contributed by atoms with van der Waals surface area (Å²) in [6, 6.07) is 0. The number of amides is 1. The summed E-state index contributed by atoms with van der Waals surface area (Å²) >= 11 is 0. The number of carbonyl (C=O) groups excluding carboxylic acids is 1. The molecule has 1 aromatic rings. The molecular formula is C18H26FN3O6. The first-order valence-corrected chi connectivity index (χ1v) is 9.45. The van der Waals surface area contributed by atoms with E-state index in [0.29, 0.717) is 6.42 Å². The van der Waals surface area contributed by atoms with Crippen LogP contribution in [0.25, 0.3) is 0 Å². The van der Waals surface area contributed by atoms with Crippen LogP contribution in [-0.4, -0.2) is 46.4 Å². The molecule has 3 rings (SSSR count). The Morgan fingerprint density at radius 3 is 2.79 bits per heavy atom. The van der Waals surface area contributed by atoms with Gasteiger partial charge in [-0.15, -0.1) is 0 Å². The Hall–Kier alpha value is -2.04. The van der Waals surface area contributed by atoms with Crippen molar-refractivity contribution in [3.8, 4) is 0 Å². The Bertz CT molecular complexity index is 783. The molecule has 156 valence electrons. The molecule has 10 heteroatoms. The fraction of sp³-hybridized carbons (Fsp3) is 0.722. The number of nitrogens with zero attached hydrogens (tertiary/aromatic N) is 2. The Morgan fingerprint density at radius 1 is 1.36 bits per heavy atom. The van der Waals surface area contributed by atoms with Gasteiger partial charge in [-0.25, -0.2) is 14.0 Å². The second-order valence-corrected chi connectivity index (χ2v) is 7.39. The summed E-state index contributed by atoms with van der Waals surface area (Å²) in [5.41, 5.74) is -0.783. The highest BCUT2D eigenvalue weighted by Crippen LogP contribution is 2.42. The summed E-state index contributed by atoms with van der Waals surface area (Å²) in [4.78, 5) is 27.8. The van der Waals surface area contributed by atoms with Crippen molar-refractivity contribution >= 4 is 11.9 Å². The summed E-state index contributed by atoms with van der Waals surface area (Å²) in [5.74, 6) is -2.21. The standard InChI is InChI=1S/C18H26FN3O6/c1-5-6-7-8-25-17(24)21-14-11(19)9-22(16(23)20-14)15-13-12(10(2)26-15)27-18(3,4)28-13/h9-10,12-13,15H,5-8H2,1-4H3,(H,20,21,23,24)/t10-,12-,13?,15-/m1/s1. The van der Waals surface area contributed by atoms with Crippen LogP contribution >= 0.6 is 0 Å². The van der Waals surface area contributed by atoms with Gasteiger partial charge in [0.25, 0.3) is 0 Å². The van der Waals surface area contributed by atoms with Gasteiger partial charge in [-0.05, 0) is 27.2 Å². The molecule has 4 atom stereocenters. The van der Waals surface area contributed by atoms with Crippen LogP contribution in [0.1, 0.15) is 53.2 Å². The predicted octanol–water partition coefficient (Wildman–Crippen LogP) is 2.56. The molecule has 0 aliphatic carbocycles. The van der Waals surface area contributed by atoms with Gasteiger partial charge in [0.2, 0.25) is 0 Å². The fourth-order valence-electron chi connectivity index (χ4n) is 3.36. The van der Waals surface area contributed by atoms with Crippen LogP contribution in [0.2, 0.25) is 0 Å². The molecule has 3 heterocycles. The molecule has 1 aromatic heterocycles. The van der Waals surface area contributed by atoms with Gasteiger partial charge in [-0.2, -0.15) is 4.98 Å². The molecule has 28 heavy (non-hydrogen) atoms. The van der Waals surface area contributed by atoms with Crippen molar-refractivity contribution in [2.75, 3.05) is 11.9 Å². The highest BCUT2D eigenvalue weighted by atomic mass is 19.1. The number of hydrogen-bond acceptors (Lipinski definition) is 7. The van der Waals surface area contributed by atoms with E-state index in [9.17, 15) is 14.0 Å². The zero-order chi connectivity index (χ0) is 20.5. The highest BCUT2D eigenvalue weighted by molar-refractivity contribution is 5.83. The number of nitrogens with one attached hydrogen (secondary N) is 1. The second-order valence-electron chi connectivity index (χ2n) is 7.39. The topological polar surface area (TPSA) is 101 Å². The summed E-state index contributed by atoms with van der Waals surface area (Å²) < 4.78 is 37.8. The van der Waals surface area contributed by atoms with Crippen molar-refractivity contribution in [1.29, 1.82) is 0 Å². The van der Waals surface area contributed by atoms with Crippen molar-refractivity contribution in [2.45, 2.75) is 77.3 Å². The van der Waals surface area contributed by atoms with Gasteiger partial charge in [0.15, 0.2) is 23.7 Å². The van der Waals surface area contributed by atoms with Crippen molar-refractivity contribution in [3.63, 3.8) is 0 Å². The minimum absolute atomic E-state index is 0.211. The second kappa shape index (κ2) is 8.14. The number of hydrogen-bond donors (Lipinski definition) is 1. The van der Waals surface area contributed by atoms with E-state index in [-0.39, 0.29) is 18.8 Å². The van der Waals surface area contributed by atoms with Crippen molar-refractivity contribution < 1.29 is 28.1 Å². The number of rotatable bonds is 6.